The van der Waals surface area contributed by atoms with Gasteiger partial charge < -0.3 is 10.6 Å². The fraction of sp³-hybridized carbons (Fsp3) is 0.360. The van der Waals surface area contributed by atoms with Crippen LogP contribution in [-0.2, 0) is 17.9 Å². The molecule has 1 heterocycles. The van der Waals surface area contributed by atoms with E-state index in [2.05, 4.69) is 59.5 Å². The van der Waals surface area contributed by atoms with Crippen LogP contribution in [0.2, 0.25) is 0 Å². The molecular formula is C25H30N4O. The summed E-state index contributed by atoms with van der Waals surface area (Å²) in [6.45, 7) is 3.21. The summed E-state index contributed by atoms with van der Waals surface area (Å²) in [6.07, 6.45) is 6.10. The third kappa shape index (κ3) is 6.28. The van der Waals surface area contributed by atoms with Gasteiger partial charge in [0, 0.05) is 19.6 Å². The van der Waals surface area contributed by atoms with E-state index in [1.165, 1.54) is 11.1 Å². The molecule has 5 heteroatoms. The topological polar surface area (TPSA) is 73.4 Å². The summed E-state index contributed by atoms with van der Waals surface area (Å²) in [5.41, 5.74) is 8.73. The first-order valence-corrected chi connectivity index (χ1v) is 10.6. The Morgan fingerprint density at radius 3 is 2.23 bits per heavy atom. The average molecular weight is 403 g/mol. The fourth-order valence-electron chi connectivity index (χ4n) is 3.79. The quantitative estimate of drug-likeness (QED) is 0.488. The summed E-state index contributed by atoms with van der Waals surface area (Å²) < 4.78 is 0. The van der Waals surface area contributed by atoms with Gasteiger partial charge in [-0.15, -0.1) is 0 Å². The number of hydrogen-bond acceptors (Lipinski definition) is 4. The number of amides is 1. The molecule has 0 spiro atoms. The Morgan fingerprint density at radius 1 is 1.07 bits per heavy atom. The van der Waals surface area contributed by atoms with Crippen LogP contribution < -0.4 is 5.73 Å². The van der Waals surface area contributed by atoms with Crippen LogP contribution in [0.1, 0.15) is 30.4 Å². The molecule has 3 rings (SSSR count). The number of hydrogen-bond donors (Lipinski definition) is 1. The lowest BCUT2D eigenvalue weighted by molar-refractivity contribution is -0.132. The molecule has 1 aliphatic heterocycles. The Balaban J connectivity index is 1.48. The largest absolute Gasteiger partial charge is 0.320 e. The Hall–Kier alpha value is -2.94. The summed E-state index contributed by atoms with van der Waals surface area (Å²) >= 11 is 0. The van der Waals surface area contributed by atoms with E-state index in [-0.39, 0.29) is 5.91 Å². The van der Waals surface area contributed by atoms with E-state index < -0.39 is 12.1 Å². The lowest BCUT2D eigenvalue weighted by Crippen LogP contribution is -2.46. The molecule has 0 saturated heterocycles. The number of unbranched alkanes of at least 4 members (excludes halogenated alkanes) is 1. The van der Waals surface area contributed by atoms with E-state index in [0.717, 1.165) is 32.5 Å². The maximum Gasteiger partial charge on any atom is 0.241 e. The number of nitrogens with zero attached hydrogens (tertiary/aromatic N) is 3. The molecule has 0 aromatic heterocycles. The van der Waals surface area contributed by atoms with Gasteiger partial charge in [-0.1, -0.05) is 73.2 Å². The molecule has 5 nitrogen and oxygen atoms in total. The fourth-order valence-corrected chi connectivity index (χ4v) is 3.79. The van der Waals surface area contributed by atoms with Crippen molar-refractivity contribution in [3.8, 4) is 6.07 Å². The zero-order valence-electron chi connectivity index (χ0n) is 17.4. The summed E-state index contributed by atoms with van der Waals surface area (Å²) in [7, 11) is 0. The van der Waals surface area contributed by atoms with Crippen molar-refractivity contribution in [3.63, 3.8) is 0 Å². The highest BCUT2D eigenvalue weighted by molar-refractivity contribution is 5.83. The molecule has 1 aliphatic rings. The predicted octanol–water partition coefficient (Wildman–Crippen LogP) is 3.48. The van der Waals surface area contributed by atoms with Crippen molar-refractivity contribution < 1.29 is 4.79 Å². The van der Waals surface area contributed by atoms with Crippen LogP contribution >= 0.6 is 0 Å². The third-order valence-corrected chi connectivity index (χ3v) is 5.43. The van der Waals surface area contributed by atoms with Crippen LogP contribution in [0.3, 0.4) is 0 Å². The summed E-state index contributed by atoms with van der Waals surface area (Å²) in [5, 5.41) is 9.14. The van der Waals surface area contributed by atoms with Gasteiger partial charge in [-0.3, -0.25) is 9.69 Å². The van der Waals surface area contributed by atoms with E-state index >= 15 is 0 Å². The molecule has 0 bridgehead atoms. The minimum atomic E-state index is -0.544. The van der Waals surface area contributed by atoms with Crippen LogP contribution in [0.15, 0.2) is 72.8 Å². The minimum absolute atomic E-state index is 0.128. The van der Waals surface area contributed by atoms with Crippen molar-refractivity contribution in [2.75, 3.05) is 13.1 Å². The molecule has 0 aliphatic carbocycles. The van der Waals surface area contributed by atoms with Crippen molar-refractivity contribution in [1.29, 1.82) is 5.26 Å². The minimum Gasteiger partial charge on any atom is -0.320 e. The first-order chi connectivity index (χ1) is 14.7. The van der Waals surface area contributed by atoms with Gasteiger partial charge in [0.1, 0.15) is 6.04 Å². The first-order valence-electron chi connectivity index (χ1n) is 10.6. The Kier molecular flexibility index (Phi) is 8.20. The molecule has 0 radical (unpaired) electrons. The predicted molar refractivity (Wildman–Crippen MR) is 119 cm³/mol. The second kappa shape index (κ2) is 11.3. The van der Waals surface area contributed by atoms with E-state index in [1.807, 2.05) is 18.2 Å². The SMILES string of the molecule is N#C[C@@H]1C=CCN1C(=O)[C@@H](N)CCCCN(Cc1ccccc1)Cc1ccccc1. The zero-order valence-corrected chi connectivity index (χ0v) is 17.4. The second-order valence-corrected chi connectivity index (χ2v) is 7.78. The van der Waals surface area contributed by atoms with Gasteiger partial charge in [0.25, 0.3) is 0 Å². The van der Waals surface area contributed by atoms with Gasteiger partial charge in [-0.25, -0.2) is 0 Å². The Labute approximate surface area is 179 Å². The smallest absolute Gasteiger partial charge is 0.241 e. The lowest BCUT2D eigenvalue weighted by atomic mass is 10.1. The highest BCUT2D eigenvalue weighted by atomic mass is 16.2. The van der Waals surface area contributed by atoms with Crippen molar-refractivity contribution in [1.82, 2.24) is 9.80 Å². The van der Waals surface area contributed by atoms with Gasteiger partial charge >= 0.3 is 0 Å². The molecule has 0 fully saturated rings. The van der Waals surface area contributed by atoms with Crippen LogP contribution in [0.25, 0.3) is 0 Å². The Morgan fingerprint density at radius 2 is 1.67 bits per heavy atom. The van der Waals surface area contributed by atoms with Crippen LogP contribution in [0.4, 0.5) is 0 Å². The molecule has 2 aromatic rings. The highest BCUT2D eigenvalue weighted by Crippen LogP contribution is 2.14. The number of nitrogens with two attached hydrogens (primary N) is 1. The molecule has 30 heavy (non-hydrogen) atoms. The molecule has 2 aromatic carbocycles. The van der Waals surface area contributed by atoms with Crippen molar-refractivity contribution in [2.24, 2.45) is 5.73 Å². The van der Waals surface area contributed by atoms with Crippen molar-refractivity contribution in [3.05, 3.63) is 83.9 Å². The first kappa shape index (κ1) is 21.8. The van der Waals surface area contributed by atoms with Crippen LogP contribution in [0, 0.1) is 11.3 Å². The number of nitriles is 1. The van der Waals surface area contributed by atoms with Gasteiger partial charge in [-0.2, -0.15) is 5.26 Å². The number of carbonyl (C=O) groups excluding carboxylic acids is 1. The average Bonchev–Trinajstić information content (AvgIpc) is 3.26. The number of carbonyl (C=O) groups is 1. The van der Waals surface area contributed by atoms with E-state index in [9.17, 15) is 4.79 Å². The van der Waals surface area contributed by atoms with Crippen LogP contribution in [-0.4, -0.2) is 40.9 Å². The molecule has 2 N–H and O–H groups in total. The second-order valence-electron chi connectivity index (χ2n) is 7.78. The third-order valence-electron chi connectivity index (χ3n) is 5.43. The van der Waals surface area contributed by atoms with Crippen LogP contribution in [0.5, 0.6) is 0 Å². The van der Waals surface area contributed by atoms with Gasteiger partial charge in [0.2, 0.25) is 5.91 Å². The monoisotopic (exact) mass is 402 g/mol. The van der Waals surface area contributed by atoms with Crippen molar-refractivity contribution in [2.45, 2.75) is 44.4 Å². The summed E-state index contributed by atoms with van der Waals surface area (Å²) in [6, 6.07) is 22.1. The Bertz CT molecular complexity index is 818. The molecule has 2 atom stereocenters. The van der Waals surface area contributed by atoms with Gasteiger partial charge in [0.15, 0.2) is 0 Å². The number of rotatable bonds is 10. The maximum absolute atomic E-state index is 12.5. The van der Waals surface area contributed by atoms with Gasteiger partial charge in [-0.05, 0) is 36.6 Å². The number of benzene rings is 2. The lowest BCUT2D eigenvalue weighted by Gasteiger charge is -2.24. The van der Waals surface area contributed by atoms with E-state index in [0.29, 0.717) is 13.0 Å². The molecule has 0 saturated carbocycles. The molecule has 0 unspecified atom stereocenters. The van der Waals surface area contributed by atoms with E-state index in [1.54, 1.807) is 11.0 Å². The summed E-state index contributed by atoms with van der Waals surface area (Å²) in [4.78, 5) is 16.5. The van der Waals surface area contributed by atoms with Crippen molar-refractivity contribution >= 4 is 5.91 Å². The molecule has 1 amide bonds. The molecule has 156 valence electrons. The van der Waals surface area contributed by atoms with E-state index in [4.69, 9.17) is 11.0 Å². The standard InChI is InChI=1S/C25H30N4O/c26-18-23-14-9-17-29(23)25(30)24(27)15-7-8-16-28(19-21-10-3-1-4-11-21)20-22-12-5-2-6-13-22/h1-6,9-14,23-24H,7-8,15-17,19-20,27H2/t23-,24-/m0/s1. The molecular weight excluding hydrogens is 372 g/mol. The zero-order chi connectivity index (χ0) is 21.2. The van der Waals surface area contributed by atoms with Gasteiger partial charge in [0.05, 0.1) is 12.1 Å². The highest BCUT2D eigenvalue weighted by Gasteiger charge is 2.28. The maximum atomic E-state index is 12.5. The normalized spacial score (nSPS) is 16.6. The summed E-state index contributed by atoms with van der Waals surface area (Å²) in [5.74, 6) is -0.128.